The van der Waals surface area contributed by atoms with E-state index in [-0.39, 0.29) is 17.2 Å². The van der Waals surface area contributed by atoms with Gasteiger partial charge in [0.15, 0.2) is 0 Å². The summed E-state index contributed by atoms with van der Waals surface area (Å²) in [6.45, 7) is 3.15. The summed E-state index contributed by atoms with van der Waals surface area (Å²) in [5.41, 5.74) is 7.19. The Bertz CT molecular complexity index is 656. The second kappa shape index (κ2) is 5.48. The van der Waals surface area contributed by atoms with E-state index in [2.05, 4.69) is 4.72 Å². The van der Waals surface area contributed by atoms with Gasteiger partial charge in [0.05, 0.1) is 10.6 Å². The molecule has 0 aliphatic rings. The van der Waals surface area contributed by atoms with Gasteiger partial charge >= 0.3 is 0 Å². The molecule has 0 bridgehead atoms. The van der Waals surface area contributed by atoms with Gasteiger partial charge in [-0.15, -0.1) is 0 Å². The van der Waals surface area contributed by atoms with E-state index in [9.17, 15) is 16.8 Å². The third kappa shape index (κ3) is 4.48. The first-order valence-corrected chi connectivity index (χ1v) is 9.11. The van der Waals surface area contributed by atoms with E-state index in [0.29, 0.717) is 16.8 Å². The number of hydrogen-bond acceptors (Lipinski definition) is 5. The summed E-state index contributed by atoms with van der Waals surface area (Å²) in [6, 6.07) is 3.14. The first-order chi connectivity index (χ1) is 8.53. The molecule has 0 radical (unpaired) electrons. The van der Waals surface area contributed by atoms with Crippen molar-refractivity contribution < 1.29 is 16.8 Å². The second-order valence-electron chi connectivity index (χ2n) is 4.51. The smallest absolute Gasteiger partial charge is 0.241 e. The van der Waals surface area contributed by atoms with Gasteiger partial charge in [-0.1, -0.05) is 0 Å². The van der Waals surface area contributed by atoms with Gasteiger partial charge in [-0.2, -0.15) is 0 Å². The maximum Gasteiger partial charge on any atom is 0.241 e. The number of aryl methyl sites for hydroxylation is 2. The average molecular weight is 306 g/mol. The average Bonchev–Trinajstić information content (AvgIpc) is 2.11. The fourth-order valence-corrected chi connectivity index (χ4v) is 3.92. The number of hydrogen-bond donors (Lipinski definition) is 2. The van der Waals surface area contributed by atoms with Crippen LogP contribution in [-0.4, -0.2) is 35.4 Å². The van der Waals surface area contributed by atoms with Crippen molar-refractivity contribution >= 4 is 25.5 Å². The van der Waals surface area contributed by atoms with Gasteiger partial charge in [0.25, 0.3) is 0 Å². The highest BCUT2D eigenvalue weighted by Gasteiger charge is 2.20. The summed E-state index contributed by atoms with van der Waals surface area (Å²) in [6.07, 6.45) is 1.06. The van der Waals surface area contributed by atoms with Gasteiger partial charge in [0.1, 0.15) is 9.84 Å². The van der Waals surface area contributed by atoms with Crippen LogP contribution in [0.2, 0.25) is 0 Å². The number of nitrogens with one attached hydrogen (secondary N) is 1. The zero-order chi connectivity index (χ0) is 14.8. The molecule has 0 heterocycles. The minimum absolute atomic E-state index is 0.148. The van der Waals surface area contributed by atoms with Crippen molar-refractivity contribution in [3.63, 3.8) is 0 Å². The molecule has 0 fully saturated rings. The predicted octanol–water partition coefficient (Wildman–Crippen LogP) is 0.209. The quantitative estimate of drug-likeness (QED) is 0.756. The van der Waals surface area contributed by atoms with Crippen LogP contribution in [0.4, 0.5) is 5.69 Å². The van der Waals surface area contributed by atoms with Gasteiger partial charge in [0.2, 0.25) is 10.0 Å². The molecule has 0 amide bonds. The first-order valence-electron chi connectivity index (χ1n) is 5.57. The Hall–Kier alpha value is -1.12. The topological polar surface area (TPSA) is 106 Å². The van der Waals surface area contributed by atoms with Crippen molar-refractivity contribution in [1.29, 1.82) is 0 Å². The first kappa shape index (κ1) is 15.9. The van der Waals surface area contributed by atoms with Crippen molar-refractivity contribution in [1.82, 2.24) is 4.72 Å². The number of sulfone groups is 1. The lowest BCUT2D eigenvalue weighted by molar-refractivity contribution is 0.581. The molecule has 8 heteroatoms. The van der Waals surface area contributed by atoms with E-state index < -0.39 is 19.9 Å². The van der Waals surface area contributed by atoms with Crippen LogP contribution in [0.3, 0.4) is 0 Å². The molecule has 0 aliphatic heterocycles. The summed E-state index contributed by atoms with van der Waals surface area (Å²) in [5.74, 6) is -0.237. The Morgan fingerprint density at radius 2 is 1.58 bits per heavy atom. The van der Waals surface area contributed by atoms with Crippen LogP contribution < -0.4 is 10.5 Å². The van der Waals surface area contributed by atoms with E-state index >= 15 is 0 Å². The third-order valence-corrected chi connectivity index (χ3v) is 5.23. The molecular weight excluding hydrogens is 288 g/mol. The summed E-state index contributed by atoms with van der Waals surface area (Å²) < 4.78 is 48.5. The number of nitrogen functional groups attached to an aromatic ring is 1. The number of benzene rings is 1. The van der Waals surface area contributed by atoms with Crippen molar-refractivity contribution in [3.8, 4) is 0 Å². The number of rotatable bonds is 5. The van der Waals surface area contributed by atoms with E-state index in [4.69, 9.17) is 5.73 Å². The summed E-state index contributed by atoms with van der Waals surface area (Å²) >= 11 is 0. The zero-order valence-electron chi connectivity index (χ0n) is 11.1. The lowest BCUT2D eigenvalue weighted by atomic mass is 10.1. The van der Waals surface area contributed by atoms with Crippen LogP contribution in [0.5, 0.6) is 0 Å². The SMILES string of the molecule is Cc1cc(N)cc(C)c1S(=O)(=O)NCCS(C)(=O)=O. The molecule has 1 rings (SSSR count). The second-order valence-corrected chi connectivity index (χ2v) is 8.48. The Balaban J connectivity index is 3.02. The van der Waals surface area contributed by atoms with E-state index in [1.54, 1.807) is 26.0 Å². The molecule has 0 aromatic heterocycles. The molecule has 3 N–H and O–H groups in total. The molecule has 1 aromatic rings. The summed E-state index contributed by atoms with van der Waals surface area (Å²) in [4.78, 5) is 0.148. The van der Waals surface area contributed by atoms with Crippen LogP contribution in [0.1, 0.15) is 11.1 Å². The molecule has 0 aliphatic carbocycles. The lowest BCUT2D eigenvalue weighted by Crippen LogP contribution is -2.30. The Morgan fingerprint density at radius 3 is 2.00 bits per heavy atom. The summed E-state index contributed by atoms with van der Waals surface area (Å²) in [5, 5.41) is 0. The van der Waals surface area contributed by atoms with Crippen LogP contribution in [0.25, 0.3) is 0 Å². The molecule has 19 heavy (non-hydrogen) atoms. The van der Waals surface area contributed by atoms with Crippen LogP contribution in [0.15, 0.2) is 17.0 Å². The minimum Gasteiger partial charge on any atom is -0.399 e. The lowest BCUT2D eigenvalue weighted by Gasteiger charge is -2.12. The molecule has 6 nitrogen and oxygen atoms in total. The monoisotopic (exact) mass is 306 g/mol. The van der Waals surface area contributed by atoms with Crippen molar-refractivity contribution in [2.45, 2.75) is 18.7 Å². The van der Waals surface area contributed by atoms with E-state index in [1.165, 1.54) is 0 Å². The van der Waals surface area contributed by atoms with Crippen molar-refractivity contribution in [2.24, 2.45) is 0 Å². The van der Waals surface area contributed by atoms with Gasteiger partial charge in [-0.25, -0.2) is 21.6 Å². The van der Waals surface area contributed by atoms with Crippen LogP contribution >= 0.6 is 0 Å². The molecule has 0 atom stereocenters. The minimum atomic E-state index is -3.73. The highest BCUT2D eigenvalue weighted by atomic mass is 32.2. The highest BCUT2D eigenvalue weighted by Crippen LogP contribution is 2.22. The zero-order valence-corrected chi connectivity index (χ0v) is 12.7. The van der Waals surface area contributed by atoms with Crippen molar-refractivity contribution in [2.75, 3.05) is 24.3 Å². The number of nitrogens with two attached hydrogens (primary N) is 1. The van der Waals surface area contributed by atoms with Crippen molar-refractivity contribution in [3.05, 3.63) is 23.3 Å². The number of sulfonamides is 1. The third-order valence-electron chi connectivity index (χ3n) is 2.52. The molecule has 0 unspecified atom stereocenters. The molecule has 1 aromatic carbocycles. The molecular formula is C11H18N2O4S2. The van der Waals surface area contributed by atoms with E-state index in [1.807, 2.05) is 0 Å². The molecule has 0 saturated heterocycles. The molecule has 0 saturated carbocycles. The van der Waals surface area contributed by atoms with Crippen LogP contribution in [-0.2, 0) is 19.9 Å². The molecule has 0 spiro atoms. The maximum absolute atomic E-state index is 12.1. The van der Waals surface area contributed by atoms with Crippen LogP contribution in [0, 0.1) is 13.8 Å². The van der Waals surface area contributed by atoms with Gasteiger partial charge in [-0.05, 0) is 37.1 Å². The van der Waals surface area contributed by atoms with Gasteiger partial charge < -0.3 is 5.73 Å². The number of anilines is 1. The highest BCUT2D eigenvalue weighted by molar-refractivity contribution is 7.91. The standard InChI is InChI=1S/C11H18N2O4S2/c1-8-6-10(12)7-9(2)11(8)19(16,17)13-4-5-18(3,14)15/h6-7,13H,4-5,12H2,1-3H3. The Labute approximate surface area is 114 Å². The molecule has 108 valence electrons. The maximum atomic E-state index is 12.1. The predicted molar refractivity (Wildman–Crippen MR) is 75.2 cm³/mol. The fourth-order valence-electron chi connectivity index (χ4n) is 1.84. The fraction of sp³-hybridized carbons (Fsp3) is 0.455. The van der Waals surface area contributed by atoms with Gasteiger partial charge in [0, 0.05) is 18.5 Å². The normalized spacial score (nSPS) is 12.6. The Morgan fingerprint density at radius 1 is 1.11 bits per heavy atom. The largest absolute Gasteiger partial charge is 0.399 e. The van der Waals surface area contributed by atoms with Gasteiger partial charge in [-0.3, -0.25) is 0 Å². The Kier molecular flexibility index (Phi) is 4.59. The summed E-state index contributed by atoms with van der Waals surface area (Å²) in [7, 11) is -6.93. The van der Waals surface area contributed by atoms with E-state index in [0.717, 1.165) is 6.26 Å².